The zero-order valence-corrected chi connectivity index (χ0v) is 15.8. The van der Waals surface area contributed by atoms with Crippen LogP contribution >= 0.6 is 11.3 Å². The number of carbonyl (C=O) groups excluding carboxylic acids is 1. The summed E-state index contributed by atoms with van der Waals surface area (Å²) in [4.78, 5) is 20.5. The molecule has 0 radical (unpaired) electrons. The van der Waals surface area contributed by atoms with Gasteiger partial charge in [-0.1, -0.05) is 6.07 Å². The predicted octanol–water partition coefficient (Wildman–Crippen LogP) is 1.75. The predicted molar refractivity (Wildman–Crippen MR) is 97.2 cm³/mol. The minimum absolute atomic E-state index is 0.201. The maximum Gasteiger partial charge on any atom is 0.236 e. The number of hydrogen-bond acceptors (Lipinski definition) is 5. The SMILES string of the molecule is CC(C)N(C)CC(=O)N1C[C@@H]2CN(Cc3cccs3)CCO[C@@H]2C1. The number of ether oxygens (including phenoxy) is 1. The molecule has 0 N–H and O–H groups in total. The molecule has 2 aliphatic heterocycles. The third kappa shape index (κ3) is 4.36. The topological polar surface area (TPSA) is 36.0 Å². The molecule has 6 heteroatoms. The van der Waals surface area contributed by atoms with E-state index in [4.69, 9.17) is 4.74 Å². The van der Waals surface area contributed by atoms with Gasteiger partial charge in [-0.15, -0.1) is 11.3 Å². The minimum atomic E-state index is 0.201. The van der Waals surface area contributed by atoms with E-state index in [9.17, 15) is 4.79 Å². The number of likely N-dealkylation sites (N-methyl/N-ethyl adjacent to an activating group) is 1. The summed E-state index contributed by atoms with van der Waals surface area (Å²) in [6, 6.07) is 4.69. The molecule has 5 nitrogen and oxygen atoms in total. The van der Waals surface area contributed by atoms with Crippen molar-refractivity contribution in [1.82, 2.24) is 14.7 Å². The molecule has 0 aromatic carbocycles. The van der Waals surface area contributed by atoms with Crippen molar-refractivity contribution in [1.29, 1.82) is 0 Å². The van der Waals surface area contributed by atoms with Gasteiger partial charge in [-0.2, -0.15) is 0 Å². The lowest BCUT2D eigenvalue weighted by molar-refractivity contribution is -0.132. The molecule has 2 saturated heterocycles. The van der Waals surface area contributed by atoms with E-state index in [1.807, 2.05) is 23.3 Å². The zero-order valence-electron chi connectivity index (χ0n) is 15.0. The van der Waals surface area contributed by atoms with Gasteiger partial charge in [0.2, 0.25) is 5.91 Å². The number of amides is 1. The highest BCUT2D eigenvalue weighted by molar-refractivity contribution is 7.09. The largest absolute Gasteiger partial charge is 0.375 e. The number of hydrogen-bond donors (Lipinski definition) is 0. The van der Waals surface area contributed by atoms with Crippen LogP contribution in [0.3, 0.4) is 0 Å². The molecule has 134 valence electrons. The van der Waals surface area contributed by atoms with Gasteiger partial charge in [-0.25, -0.2) is 0 Å². The van der Waals surface area contributed by atoms with Gasteiger partial charge in [0.25, 0.3) is 0 Å². The van der Waals surface area contributed by atoms with Gasteiger partial charge in [0.1, 0.15) is 0 Å². The second kappa shape index (κ2) is 7.95. The fraction of sp³-hybridized carbons (Fsp3) is 0.722. The second-order valence-electron chi connectivity index (χ2n) is 7.29. The Kier molecular flexibility index (Phi) is 5.92. The van der Waals surface area contributed by atoms with Gasteiger partial charge >= 0.3 is 0 Å². The number of carbonyl (C=O) groups is 1. The van der Waals surface area contributed by atoms with Crippen molar-refractivity contribution < 1.29 is 9.53 Å². The van der Waals surface area contributed by atoms with Crippen LogP contribution in [0.5, 0.6) is 0 Å². The van der Waals surface area contributed by atoms with Crippen molar-refractivity contribution in [3.8, 4) is 0 Å². The Labute approximate surface area is 149 Å². The normalized spacial score (nSPS) is 25.3. The molecule has 0 bridgehead atoms. The molecule has 0 aliphatic carbocycles. The molecule has 0 saturated carbocycles. The van der Waals surface area contributed by atoms with Crippen molar-refractivity contribution >= 4 is 17.2 Å². The Morgan fingerprint density at radius 3 is 2.96 bits per heavy atom. The van der Waals surface area contributed by atoms with Crippen molar-refractivity contribution in [2.45, 2.75) is 32.5 Å². The number of fused-ring (bicyclic) bond motifs is 1. The first-order chi connectivity index (χ1) is 11.5. The number of thiophene rings is 1. The first kappa shape index (κ1) is 17.9. The van der Waals surface area contributed by atoms with Crippen LogP contribution < -0.4 is 0 Å². The average molecular weight is 352 g/mol. The Morgan fingerprint density at radius 2 is 2.25 bits per heavy atom. The summed E-state index contributed by atoms with van der Waals surface area (Å²) in [5, 5.41) is 2.13. The molecule has 24 heavy (non-hydrogen) atoms. The molecule has 2 atom stereocenters. The van der Waals surface area contributed by atoms with Crippen LogP contribution in [0.4, 0.5) is 0 Å². The highest BCUT2D eigenvalue weighted by Gasteiger charge is 2.38. The Hall–Kier alpha value is -0.950. The van der Waals surface area contributed by atoms with E-state index in [0.717, 1.165) is 39.3 Å². The molecular formula is C18H29N3O2S. The molecule has 1 amide bonds. The lowest BCUT2D eigenvalue weighted by Crippen LogP contribution is -2.41. The molecule has 0 spiro atoms. The van der Waals surface area contributed by atoms with Crippen LogP contribution in [0, 0.1) is 5.92 Å². The highest BCUT2D eigenvalue weighted by Crippen LogP contribution is 2.25. The zero-order chi connectivity index (χ0) is 17.1. The van der Waals surface area contributed by atoms with E-state index in [2.05, 4.69) is 41.2 Å². The van der Waals surface area contributed by atoms with Crippen molar-refractivity contribution in [3.63, 3.8) is 0 Å². The quantitative estimate of drug-likeness (QED) is 0.810. The molecule has 3 rings (SSSR count). The molecule has 1 aromatic rings. The van der Waals surface area contributed by atoms with Crippen LogP contribution in [0.25, 0.3) is 0 Å². The van der Waals surface area contributed by atoms with Gasteiger partial charge in [-0.05, 0) is 32.3 Å². The molecule has 2 fully saturated rings. The van der Waals surface area contributed by atoms with Gasteiger partial charge in [0.05, 0.1) is 19.3 Å². The van der Waals surface area contributed by atoms with E-state index in [1.165, 1.54) is 4.88 Å². The fourth-order valence-corrected chi connectivity index (χ4v) is 4.17. The average Bonchev–Trinajstić information content (AvgIpc) is 3.14. The minimum Gasteiger partial charge on any atom is -0.375 e. The van der Waals surface area contributed by atoms with Crippen molar-refractivity contribution in [2.75, 3.05) is 46.4 Å². The van der Waals surface area contributed by atoms with E-state index in [1.54, 1.807) is 0 Å². The van der Waals surface area contributed by atoms with Crippen LogP contribution in [0.15, 0.2) is 17.5 Å². The highest BCUT2D eigenvalue weighted by atomic mass is 32.1. The summed E-state index contributed by atoms with van der Waals surface area (Å²) in [7, 11) is 2.01. The van der Waals surface area contributed by atoms with Crippen molar-refractivity contribution in [3.05, 3.63) is 22.4 Å². The summed E-state index contributed by atoms with van der Waals surface area (Å²) in [5.41, 5.74) is 0. The second-order valence-corrected chi connectivity index (χ2v) is 8.32. The first-order valence-corrected chi connectivity index (χ1v) is 9.75. The lowest BCUT2D eigenvalue weighted by Gasteiger charge is -2.25. The molecular weight excluding hydrogens is 322 g/mol. The summed E-state index contributed by atoms with van der Waals surface area (Å²) in [6.45, 7) is 10.1. The van der Waals surface area contributed by atoms with Gasteiger partial charge in [-0.3, -0.25) is 14.6 Å². The molecule has 3 heterocycles. The maximum atomic E-state index is 12.5. The van der Waals surface area contributed by atoms with E-state index in [0.29, 0.717) is 18.5 Å². The van der Waals surface area contributed by atoms with Gasteiger partial charge in [0, 0.05) is 49.6 Å². The third-order valence-electron chi connectivity index (χ3n) is 5.19. The van der Waals surface area contributed by atoms with E-state index < -0.39 is 0 Å². The Morgan fingerprint density at radius 1 is 1.42 bits per heavy atom. The first-order valence-electron chi connectivity index (χ1n) is 8.87. The van der Waals surface area contributed by atoms with Crippen molar-refractivity contribution in [2.24, 2.45) is 5.92 Å². The molecule has 2 aliphatic rings. The van der Waals surface area contributed by atoms with Crippen LogP contribution in [-0.4, -0.2) is 79.1 Å². The summed E-state index contributed by atoms with van der Waals surface area (Å²) in [5.74, 6) is 0.661. The lowest BCUT2D eigenvalue weighted by atomic mass is 10.1. The number of nitrogens with zero attached hydrogens (tertiary/aromatic N) is 3. The Bertz CT molecular complexity index is 534. The summed E-state index contributed by atoms with van der Waals surface area (Å²) < 4.78 is 6.06. The maximum absolute atomic E-state index is 12.5. The molecule has 1 aromatic heterocycles. The number of rotatable bonds is 5. The van der Waals surface area contributed by atoms with E-state index >= 15 is 0 Å². The summed E-state index contributed by atoms with van der Waals surface area (Å²) in [6.07, 6.45) is 0.201. The third-order valence-corrected chi connectivity index (χ3v) is 6.05. The van der Waals surface area contributed by atoms with Gasteiger partial charge < -0.3 is 9.64 Å². The Balaban J connectivity index is 1.55. The number of likely N-dealkylation sites (tertiary alicyclic amines) is 1. The molecule has 0 unspecified atom stereocenters. The standard InChI is InChI=1S/C18H29N3O2S/c1-14(2)19(3)13-18(22)21-10-15-9-20(6-7-23-17(15)12-21)11-16-5-4-8-24-16/h4-5,8,14-15,17H,6-7,9-13H2,1-3H3/t15-,17+/m0/s1. The fourth-order valence-electron chi connectivity index (χ4n) is 3.43. The van der Waals surface area contributed by atoms with Gasteiger partial charge in [0.15, 0.2) is 0 Å². The monoisotopic (exact) mass is 351 g/mol. The van der Waals surface area contributed by atoms with Crippen LogP contribution in [-0.2, 0) is 16.1 Å². The van der Waals surface area contributed by atoms with E-state index in [-0.39, 0.29) is 12.0 Å². The van der Waals surface area contributed by atoms with Crippen LogP contribution in [0.2, 0.25) is 0 Å². The summed E-state index contributed by atoms with van der Waals surface area (Å²) >= 11 is 1.81. The van der Waals surface area contributed by atoms with Crippen LogP contribution in [0.1, 0.15) is 18.7 Å². The smallest absolute Gasteiger partial charge is 0.236 e.